The third-order valence-electron chi connectivity index (χ3n) is 9.45. The van der Waals surface area contributed by atoms with Crippen molar-refractivity contribution in [2.24, 2.45) is 5.92 Å². The number of sulfone groups is 1. The lowest BCUT2D eigenvalue weighted by Gasteiger charge is -2.30. The Morgan fingerprint density at radius 3 is 2.43 bits per heavy atom. The van der Waals surface area contributed by atoms with Gasteiger partial charge in [-0.05, 0) is 74.3 Å². The highest BCUT2D eigenvalue weighted by atomic mass is 32.2. The van der Waals surface area contributed by atoms with Gasteiger partial charge in [-0.3, -0.25) is 4.79 Å². The Labute approximate surface area is 247 Å². The number of anilines is 1. The summed E-state index contributed by atoms with van der Waals surface area (Å²) in [6.45, 7) is 0.975. The summed E-state index contributed by atoms with van der Waals surface area (Å²) in [6.07, 6.45) is 7.38. The fraction of sp³-hybridized carbons (Fsp3) is 0.485. The molecule has 4 aliphatic rings. The summed E-state index contributed by atoms with van der Waals surface area (Å²) >= 11 is 0. The number of amides is 1. The summed E-state index contributed by atoms with van der Waals surface area (Å²) in [5, 5.41) is 12.6. The molecule has 2 heterocycles. The molecule has 3 aliphatic carbocycles. The molecule has 1 amide bonds. The third-order valence-corrected chi connectivity index (χ3v) is 11.1. The predicted octanol–water partition coefficient (Wildman–Crippen LogP) is 5.57. The van der Waals surface area contributed by atoms with Crippen LogP contribution in [0.3, 0.4) is 0 Å². The molecule has 4 fully saturated rings. The van der Waals surface area contributed by atoms with Gasteiger partial charge >= 0.3 is 0 Å². The van der Waals surface area contributed by atoms with E-state index in [1.807, 2.05) is 30.3 Å². The number of rotatable bonds is 7. The van der Waals surface area contributed by atoms with Crippen molar-refractivity contribution in [3.8, 4) is 28.8 Å². The average molecular weight is 585 g/mol. The highest BCUT2D eigenvalue weighted by molar-refractivity contribution is 7.91. The van der Waals surface area contributed by atoms with Gasteiger partial charge < -0.3 is 14.6 Å². The van der Waals surface area contributed by atoms with E-state index in [4.69, 9.17) is 9.40 Å². The lowest BCUT2D eigenvalue weighted by Crippen LogP contribution is -2.42. The molecule has 2 unspecified atom stereocenters. The summed E-state index contributed by atoms with van der Waals surface area (Å²) < 4.78 is 30.5. The van der Waals surface area contributed by atoms with Gasteiger partial charge in [-0.2, -0.15) is 5.26 Å². The fourth-order valence-electron chi connectivity index (χ4n) is 6.53. The molecule has 2 aromatic carbocycles. The van der Waals surface area contributed by atoms with Gasteiger partial charge in [0, 0.05) is 41.7 Å². The van der Waals surface area contributed by atoms with E-state index in [-0.39, 0.29) is 29.2 Å². The van der Waals surface area contributed by atoms with E-state index in [9.17, 15) is 18.5 Å². The minimum absolute atomic E-state index is 0.0613. The van der Waals surface area contributed by atoms with Crippen LogP contribution in [-0.2, 0) is 14.6 Å². The van der Waals surface area contributed by atoms with Gasteiger partial charge in [-0.25, -0.2) is 13.4 Å². The van der Waals surface area contributed by atoms with E-state index < -0.39 is 15.4 Å². The highest BCUT2D eigenvalue weighted by Crippen LogP contribution is 2.46. The molecule has 1 N–H and O–H groups in total. The standard InChI is InChI=1S/C33H36N4O4S/c34-21-33(14-15-33)36-31(38)28-7-2-1-6-27(28)30-29(35-32(41-30)25-5-3-4-24(20-25)22-8-9-22)23-10-12-26(13-11-23)37-16-18-42(39,40)19-17-37/h3-5,10-13,20,22,27-28H,1-2,6-9,14-19H2,(H,36,38). The summed E-state index contributed by atoms with van der Waals surface area (Å²) in [7, 11) is -2.96. The van der Waals surface area contributed by atoms with Gasteiger partial charge in [0.1, 0.15) is 17.0 Å². The molecule has 0 bridgehead atoms. The van der Waals surface area contributed by atoms with Crippen molar-refractivity contribution in [2.75, 3.05) is 29.5 Å². The Hall–Kier alpha value is -3.64. The summed E-state index contributed by atoms with van der Waals surface area (Å²) in [5.41, 5.74) is 4.19. The molecule has 7 rings (SSSR count). The van der Waals surface area contributed by atoms with E-state index in [0.29, 0.717) is 37.7 Å². The van der Waals surface area contributed by atoms with Crippen molar-refractivity contribution in [3.05, 3.63) is 59.9 Å². The zero-order chi connectivity index (χ0) is 28.9. The molecule has 42 heavy (non-hydrogen) atoms. The van der Waals surface area contributed by atoms with Crippen LogP contribution in [0.2, 0.25) is 0 Å². The van der Waals surface area contributed by atoms with Crippen molar-refractivity contribution in [1.29, 1.82) is 5.26 Å². The van der Waals surface area contributed by atoms with Crippen molar-refractivity contribution in [1.82, 2.24) is 10.3 Å². The molecule has 3 aromatic rings. The second kappa shape index (κ2) is 10.6. The van der Waals surface area contributed by atoms with Crippen LogP contribution >= 0.6 is 0 Å². The lowest BCUT2D eigenvalue weighted by atomic mass is 9.76. The van der Waals surface area contributed by atoms with Gasteiger partial charge in [0.05, 0.1) is 17.6 Å². The Morgan fingerprint density at radius 1 is 1.00 bits per heavy atom. The van der Waals surface area contributed by atoms with Gasteiger partial charge in [0.25, 0.3) is 0 Å². The number of carbonyl (C=O) groups excluding carboxylic acids is 1. The monoisotopic (exact) mass is 584 g/mol. The van der Waals surface area contributed by atoms with E-state index in [1.54, 1.807) is 0 Å². The zero-order valence-corrected chi connectivity index (χ0v) is 24.5. The number of nitrogens with one attached hydrogen (secondary N) is 1. The first kappa shape index (κ1) is 27.2. The van der Waals surface area contributed by atoms with Crippen LogP contribution in [-0.4, -0.2) is 49.4 Å². The molecule has 8 nitrogen and oxygen atoms in total. The van der Waals surface area contributed by atoms with Crippen LogP contribution in [0, 0.1) is 17.2 Å². The predicted molar refractivity (Wildman–Crippen MR) is 161 cm³/mol. The highest BCUT2D eigenvalue weighted by Gasteiger charge is 2.47. The maximum absolute atomic E-state index is 13.5. The van der Waals surface area contributed by atoms with Crippen LogP contribution < -0.4 is 10.2 Å². The molecule has 2 atom stereocenters. The Kier molecular flexibility index (Phi) is 6.85. The van der Waals surface area contributed by atoms with Gasteiger partial charge in [0.15, 0.2) is 9.84 Å². The molecule has 3 saturated carbocycles. The van der Waals surface area contributed by atoms with Crippen LogP contribution in [0.4, 0.5) is 5.69 Å². The molecule has 218 valence electrons. The smallest absolute Gasteiger partial charge is 0.226 e. The van der Waals surface area contributed by atoms with Gasteiger partial charge in [-0.15, -0.1) is 0 Å². The number of carbonyl (C=O) groups is 1. The fourth-order valence-corrected chi connectivity index (χ4v) is 7.73. The molecule has 1 aromatic heterocycles. The number of benzene rings is 2. The largest absolute Gasteiger partial charge is 0.440 e. The van der Waals surface area contributed by atoms with E-state index in [0.717, 1.165) is 54.0 Å². The first-order valence-electron chi connectivity index (χ1n) is 15.2. The van der Waals surface area contributed by atoms with Crippen LogP contribution in [0.15, 0.2) is 52.9 Å². The second-order valence-corrected chi connectivity index (χ2v) is 14.8. The van der Waals surface area contributed by atoms with Crippen LogP contribution in [0.1, 0.15) is 74.5 Å². The molecular formula is C33H36N4O4S. The second-order valence-electron chi connectivity index (χ2n) is 12.5. The summed E-state index contributed by atoms with van der Waals surface area (Å²) in [4.78, 5) is 20.7. The Balaban J connectivity index is 1.24. The van der Waals surface area contributed by atoms with Crippen molar-refractivity contribution >= 4 is 21.4 Å². The first-order chi connectivity index (χ1) is 20.3. The van der Waals surface area contributed by atoms with Gasteiger partial charge in [0.2, 0.25) is 11.8 Å². The zero-order valence-electron chi connectivity index (χ0n) is 23.7. The van der Waals surface area contributed by atoms with Gasteiger partial charge in [-0.1, -0.05) is 37.1 Å². The number of aromatic nitrogens is 1. The van der Waals surface area contributed by atoms with Crippen molar-refractivity contribution < 1.29 is 17.6 Å². The number of nitrogens with zero attached hydrogens (tertiary/aromatic N) is 3. The van der Waals surface area contributed by atoms with E-state index in [1.165, 1.54) is 18.4 Å². The van der Waals surface area contributed by atoms with Crippen molar-refractivity contribution in [2.45, 2.75) is 68.7 Å². The van der Waals surface area contributed by atoms with Crippen LogP contribution in [0.25, 0.3) is 22.7 Å². The quantitative estimate of drug-likeness (QED) is 0.386. The number of oxazole rings is 1. The van der Waals surface area contributed by atoms with E-state index in [2.05, 4.69) is 34.5 Å². The lowest BCUT2D eigenvalue weighted by molar-refractivity contribution is -0.127. The molecule has 1 aliphatic heterocycles. The number of hydrogen-bond donors (Lipinski definition) is 1. The maximum Gasteiger partial charge on any atom is 0.226 e. The van der Waals surface area contributed by atoms with Crippen LogP contribution in [0.5, 0.6) is 0 Å². The summed E-state index contributed by atoms with van der Waals surface area (Å²) in [6, 6.07) is 18.8. The average Bonchev–Trinajstić information content (AvgIpc) is 3.95. The number of nitriles is 1. The molecular weight excluding hydrogens is 548 g/mol. The van der Waals surface area contributed by atoms with Crippen molar-refractivity contribution in [3.63, 3.8) is 0 Å². The maximum atomic E-state index is 13.5. The topological polar surface area (TPSA) is 116 Å². The molecule has 9 heteroatoms. The third kappa shape index (κ3) is 5.45. The summed E-state index contributed by atoms with van der Waals surface area (Å²) in [5.74, 6) is 1.77. The first-order valence-corrected chi connectivity index (χ1v) is 17.1. The SMILES string of the molecule is N#CC1(NC(=O)C2CCCCC2c2oc(-c3cccc(C4CC4)c3)nc2-c2ccc(N3CCS(=O)(=O)CC3)cc2)CC1. The number of hydrogen-bond acceptors (Lipinski definition) is 7. The molecule has 0 radical (unpaired) electrons. The Bertz CT molecular complexity index is 1630. The molecule has 1 saturated heterocycles. The molecule has 0 spiro atoms. The normalized spacial score (nSPS) is 24.5. The Morgan fingerprint density at radius 2 is 1.74 bits per heavy atom. The van der Waals surface area contributed by atoms with E-state index >= 15 is 0 Å². The minimum atomic E-state index is -2.96. The minimum Gasteiger partial charge on any atom is -0.440 e.